The summed E-state index contributed by atoms with van der Waals surface area (Å²) in [6.45, 7) is 6.27. The predicted molar refractivity (Wildman–Crippen MR) is 99.7 cm³/mol. The zero-order chi connectivity index (χ0) is 18.7. The van der Waals surface area contributed by atoms with E-state index < -0.39 is 0 Å². The highest BCUT2D eigenvalue weighted by atomic mass is 16.5. The molecule has 6 nitrogen and oxygen atoms in total. The number of aromatic nitrogens is 1. The fourth-order valence-electron chi connectivity index (χ4n) is 3.37. The van der Waals surface area contributed by atoms with Crippen molar-refractivity contribution in [2.24, 2.45) is 0 Å². The van der Waals surface area contributed by atoms with E-state index in [4.69, 9.17) is 4.74 Å². The third-order valence-electron chi connectivity index (χ3n) is 4.89. The number of hydrogen-bond donors (Lipinski definition) is 1. The maximum atomic E-state index is 13.0. The molecular formula is C20H25N3O3. The first-order chi connectivity index (χ1) is 12.5. The van der Waals surface area contributed by atoms with Gasteiger partial charge in [-0.25, -0.2) is 0 Å². The van der Waals surface area contributed by atoms with E-state index in [0.29, 0.717) is 37.3 Å². The van der Waals surface area contributed by atoms with Crippen LogP contribution < -0.4 is 4.74 Å². The van der Waals surface area contributed by atoms with E-state index in [1.807, 2.05) is 35.8 Å². The predicted octanol–water partition coefficient (Wildman–Crippen LogP) is 2.63. The average Bonchev–Trinajstić information content (AvgIpc) is 3.06. The lowest BCUT2D eigenvalue weighted by Crippen LogP contribution is -2.37. The van der Waals surface area contributed by atoms with Crippen LogP contribution in [0.2, 0.25) is 0 Å². The van der Waals surface area contributed by atoms with Crippen LogP contribution in [0.5, 0.6) is 5.75 Å². The van der Waals surface area contributed by atoms with E-state index in [9.17, 15) is 9.59 Å². The third kappa shape index (κ3) is 3.59. The molecule has 0 atom stereocenters. The van der Waals surface area contributed by atoms with Gasteiger partial charge in [0.1, 0.15) is 5.75 Å². The van der Waals surface area contributed by atoms with Crippen molar-refractivity contribution < 1.29 is 14.3 Å². The molecule has 6 heteroatoms. The molecule has 1 aromatic carbocycles. The highest BCUT2D eigenvalue weighted by Gasteiger charge is 2.24. The normalized spacial score (nSPS) is 14.9. The average molecular weight is 355 g/mol. The van der Waals surface area contributed by atoms with Crippen LogP contribution >= 0.6 is 0 Å². The first-order valence-electron chi connectivity index (χ1n) is 8.88. The Bertz CT molecular complexity index is 799. The number of aromatic amines is 1. The lowest BCUT2D eigenvalue weighted by Gasteiger charge is -2.23. The molecule has 1 aliphatic heterocycles. The zero-order valence-electron chi connectivity index (χ0n) is 15.5. The number of amides is 2. The summed E-state index contributed by atoms with van der Waals surface area (Å²) in [7, 11) is 1.63. The van der Waals surface area contributed by atoms with Crippen LogP contribution in [0.15, 0.2) is 30.6 Å². The quantitative estimate of drug-likeness (QED) is 0.920. The summed E-state index contributed by atoms with van der Waals surface area (Å²) in [4.78, 5) is 32.1. The smallest absolute Gasteiger partial charge is 0.255 e. The van der Waals surface area contributed by atoms with Gasteiger partial charge in [-0.2, -0.15) is 0 Å². The minimum atomic E-state index is 0.0111. The molecule has 2 heterocycles. The Hall–Kier alpha value is -2.76. The molecule has 0 bridgehead atoms. The number of carbonyl (C=O) groups is 2. The molecule has 2 amide bonds. The molecule has 0 aliphatic carbocycles. The number of methoxy groups -OCH3 is 1. The second kappa shape index (κ2) is 7.64. The Labute approximate surface area is 153 Å². The summed E-state index contributed by atoms with van der Waals surface area (Å²) in [5.74, 6) is 0.819. The second-order valence-electron chi connectivity index (χ2n) is 6.67. The molecule has 1 aromatic heterocycles. The van der Waals surface area contributed by atoms with Crippen LogP contribution in [0.4, 0.5) is 0 Å². The number of benzene rings is 1. The first kappa shape index (κ1) is 18.0. The van der Waals surface area contributed by atoms with Gasteiger partial charge in [0, 0.05) is 44.1 Å². The van der Waals surface area contributed by atoms with Gasteiger partial charge >= 0.3 is 0 Å². The van der Waals surface area contributed by atoms with Crippen molar-refractivity contribution in [3.63, 3.8) is 0 Å². The van der Waals surface area contributed by atoms with E-state index >= 15 is 0 Å². The summed E-state index contributed by atoms with van der Waals surface area (Å²) in [6, 6.07) is 5.58. The van der Waals surface area contributed by atoms with Crippen molar-refractivity contribution in [1.29, 1.82) is 0 Å². The van der Waals surface area contributed by atoms with Crippen molar-refractivity contribution in [1.82, 2.24) is 14.8 Å². The standard InChI is InChI=1S/C20H25N3O3/c1-14-12-18(26-3)15(2)11-17(14)20(25)23-8-4-7-22(9-10-23)19(24)16-5-6-21-13-16/h5-6,11-13,21H,4,7-10H2,1-3H3. The molecule has 2 aromatic rings. The van der Waals surface area contributed by atoms with Gasteiger partial charge in [-0.15, -0.1) is 0 Å². The van der Waals surface area contributed by atoms with Gasteiger partial charge in [-0.1, -0.05) is 0 Å². The Kier molecular flexibility index (Phi) is 5.30. The van der Waals surface area contributed by atoms with Crippen molar-refractivity contribution in [3.8, 4) is 5.75 Å². The van der Waals surface area contributed by atoms with Crippen LogP contribution in [0, 0.1) is 13.8 Å². The third-order valence-corrected chi connectivity index (χ3v) is 4.89. The largest absolute Gasteiger partial charge is 0.496 e. The molecule has 0 spiro atoms. The number of aryl methyl sites for hydroxylation is 2. The number of nitrogens with one attached hydrogen (secondary N) is 1. The van der Waals surface area contributed by atoms with Crippen LogP contribution in [0.3, 0.4) is 0 Å². The monoisotopic (exact) mass is 355 g/mol. The molecular weight excluding hydrogens is 330 g/mol. The minimum absolute atomic E-state index is 0.0111. The SMILES string of the molecule is COc1cc(C)c(C(=O)N2CCCN(C(=O)c3cc[nH]c3)CC2)cc1C. The van der Waals surface area contributed by atoms with Crippen molar-refractivity contribution in [3.05, 3.63) is 52.8 Å². The van der Waals surface area contributed by atoms with Gasteiger partial charge in [0.2, 0.25) is 0 Å². The fraction of sp³-hybridized carbons (Fsp3) is 0.400. The zero-order valence-corrected chi connectivity index (χ0v) is 15.5. The lowest BCUT2D eigenvalue weighted by atomic mass is 10.0. The van der Waals surface area contributed by atoms with Gasteiger partial charge in [-0.05, 0) is 49.6 Å². The highest BCUT2D eigenvalue weighted by molar-refractivity contribution is 5.96. The van der Waals surface area contributed by atoms with Crippen LogP contribution in [0.25, 0.3) is 0 Å². The van der Waals surface area contributed by atoms with Gasteiger partial charge in [0.05, 0.1) is 12.7 Å². The van der Waals surface area contributed by atoms with Gasteiger partial charge in [0.15, 0.2) is 0 Å². The second-order valence-corrected chi connectivity index (χ2v) is 6.67. The maximum absolute atomic E-state index is 13.0. The van der Waals surface area contributed by atoms with E-state index in [1.165, 1.54) is 0 Å². The Morgan fingerprint density at radius 1 is 1.00 bits per heavy atom. The molecule has 0 saturated carbocycles. The van der Waals surface area contributed by atoms with Crippen LogP contribution in [0.1, 0.15) is 38.3 Å². The summed E-state index contributed by atoms with van der Waals surface area (Å²) in [5, 5.41) is 0. The summed E-state index contributed by atoms with van der Waals surface area (Å²) >= 11 is 0. The molecule has 26 heavy (non-hydrogen) atoms. The van der Waals surface area contributed by atoms with Gasteiger partial charge in [0.25, 0.3) is 11.8 Å². The lowest BCUT2D eigenvalue weighted by molar-refractivity contribution is 0.0718. The number of carbonyl (C=O) groups excluding carboxylic acids is 2. The molecule has 1 fully saturated rings. The number of rotatable bonds is 3. The molecule has 0 unspecified atom stereocenters. The molecule has 1 saturated heterocycles. The number of nitrogens with zero attached hydrogens (tertiary/aromatic N) is 2. The highest BCUT2D eigenvalue weighted by Crippen LogP contribution is 2.24. The number of hydrogen-bond acceptors (Lipinski definition) is 3. The molecule has 1 N–H and O–H groups in total. The van der Waals surface area contributed by atoms with E-state index in [1.54, 1.807) is 25.6 Å². The van der Waals surface area contributed by atoms with Crippen molar-refractivity contribution in [2.75, 3.05) is 33.3 Å². The fourth-order valence-corrected chi connectivity index (χ4v) is 3.37. The van der Waals surface area contributed by atoms with Crippen LogP contribution in [-0.2, 0) is 0 Å². The Morgan fingerprint density at radius 3 is 2.31 bits per heavy atom. The number of ether oxygens (including phenoxy) is 1. The Balaban J connectivity index is 1.72. The molecule has 138 valence electrons. The van der Waals surface area contributed by atoms with E-state index in [0.717, 1.165) is 23.3 Å². The van der Waals surface area contributed by atoms with Crippen molar-refractivity contribution >= 4 is 11.8 Å². The Morgan fingerprint density at radius 2 is 1.69 bits per heavy atom. The summed E-state index contributed by atoms with van der Waals surface area (Å²) < 4.78 is 5.33. The van der Waals surface area contributed by atoms with Crippen LogP contribution in [-0.4, -0.2) is 59.9 Å². The minimum Gasteiger partial charge on any atom is -0.496 e. The number of H-pyrrole nitrogens is 1. The van der Waals surface area contributed by atoms with Crippen molar-refractivity contribution in [2.45, 2.75) is 20.3 Å². The van der Waals surface area contributed by atoms with E-state index in [2.05, 4.69) is 4.98 Å². The summed E-state index contributed by atoms with van der Waals surface area (Å²) in [5.41, 5.74) is 3.21. The van der Waals surface area contributed by atoms with E-state index in [-0.39, 0.29) is 11.8 Å². The van der Waals surface area contributed by atoms with Gasteiger partial charge in [-0.3, -0.25) is 9.59 Å². The molecule has 0 radical (unpaired) electrons. The molecule has 1 aliphatic rings. The topological polar surface area (TPSA) is 65.6 Å². The summed E-state index contributed by atoms with van der Waals surface area (Å²) in [6.07, 6.45) is 4.23. The maximum Gasteiger partial charge on any atom is 0.255 e. The first-order valence-corrected chi connectivity index (χ1v) is 8.88. The molecule has 3 rings (SSSR count). The van der Waals surface area contributed by atoms with Gasteiger partial charge < -0.3 is 19.5 Å².